The van der Waals surface area contributed by atoms with Gasteiger partial charge in [-0.3, -0.25) is 4.79 Å². The molecule has 2 N–H and O–H groups in total. The van der Waals surface area contributed by atoms with Gasteiger partial charge >= 0.3 is 0 Å². The van der Waals surface area contributed by atoms with E-state index in [2.05, 4.69) is 11.4 Å². The molecule has 1 unspecified atom stereocenters. The minimum Gasteiger partial charge on any atom is -0.386 e. The number of carbonyl (C=O) groups excluding carboxylic acids is 1. The van der Waals surface area contributed by atoms with Gasteiger partial charge < -0.3 is 10.4 Å². The third-order valence-electron chi connectivity index (χ3n) is 3.52. The zero-order valence-corrected chi connectivity index (χ0v) is 15.1. The van der Waals surface area contributed by atoms with Crippen LogP contribution in [-0.4, -0.2) is 17.6 Å². The molecule has 3 rings (SSSR count). The van der Waals surface area contributed by atoms with E-state index in [1.165, 1.54) is 4.88 Å². The normalized spacial score (nSPS) is 12.1. The van der Waals surface area contributed by atoms with Crippen molar-refractivity contribution in [3.8, 4) is 9.75 Å². The molecule has 0 aliphatic rings. The molecule has 2 heterocycles. The number of halogens is 1. The summed E-state index contributed by atoms with van der Waals surface area (Å²) in [4.78, 5) is 15.2. The fourth-order valence-electron chi connectivity index (χ4n) is 2.27. The smallest absolute Gasteiger partial charge is 0.224 e. The first-order valence-electron chi connectivity index (χ1n) is 7.45. The molecule has 0 bridgehead atoms. The zero-order valence-electron chi connectivity index (χ0n) is 12.7. The summed E-state index contributed by atoms with van der Waals surface area (Å²) in [6.45, 7) is 0.188. The maximum Gasteiger partial charge on any atom is 0.224 e. The topological polar surface area (TPSA) is 49.3 Å². The van der Waals surface area contributed by atoms with Gasteiger partial charge in [0, 0.05) is 26.2 Å². The van der Waals surface area contributed by atoms with Gasteiger partial charge in [0.1, 0.15) is 6.10 Å². The Morgan fingerprint density at radius 1 is 1.12 bits per heavy atom. The number of hydrogen-bond acceptors (Lipinski definition) is 4. The lowest BCUT2D eigenvalue weighted by atomic mass is 10.1. The van der Waals surface area contributed by atoms with Crippen LogP contribution in [0.4, 0.5) is 0 Å². The highest BCUT2D eigenvalue weighted by molar-refractivity contribution is 7.21. The highest BCUT2D eigenvalue weighted by atomic mass is 35.5. The summed E-state index contributed by atoms with van der Waals surface area (Å²) in [6.07, 6.45) is -0.504. The van der Waals surface area contributed by atoms with Crippen molar-refractivity contribution in [1.82, 2.24) is 5.32 Å². The Bertz CT molecular complexity index is 814. The molecule has 124 valence electrons. The number of thiophene rings is 2. The molecule has 6 heteroatoms. The predicted octanol–water partition coefficient (Wildman–Crippen LogP) is 4.52. The lowest BCUT2D eigenvalue weighted by Crippen LogP contribution is -2.29. The molecule has 24 heavy (non-hydrogen) atoms. The molecule has 0 saturated heterocycles. The van der Waals surface area contributed by atoms with Gasteiger partial charge in [0.2, 0.25) is 5.91 Å². The minimum absolute atomic E-state index is 0.155. The monoisotopic (exact) mass is 377 g/mol. The third-order valence-corrected chi connectivity index (χ3v) is 6.14. The average molecular weight is 378 g/mol. The van der Waals surface area contributed by atoms with E-state index < -0.39 is 6.10 Å². The van der Waals surface area contributed by atoms with Crippen molar-refractivity contribution in [2.24, 2.45) is 0 Å². The average Bonchev–Trinajstić information content (AvgIpc) is 3.25. The number of aliphatic hydroxyl groups is 1. The summed E-state index contributed by atoms with van der Waals surface area (Å²) in [6, 6.07) is 15.2. The number of aliphatic hydroxyl groups excluding tert-OH is 1. The maximum atomic E-state index is 12.0. The number of amides is 1. The van der Waals surface area contributed by atoms with Gasteiger partial charge in [-0.15, -0.1) is 22.7 Å². The number of nitrogens with one attached hydrogen (secondary N) is 1. The van der Waals surface area contributed by atoms with Crippen molar-refractivity contribution in [3.05, 3.63) is 69.4 Å². The number of rotatable bonds is 6. The van der Waals surface area contributed by atoms with Crippen molar-refractivity contribution in [2.45, 2.75) is 12.5 Å². The van der Waals surface area contributed by atoms with Crippen LogP contribution in [0.1, 0.15) is 16.5 Å². The first kappa shape index (κ1) is 17.2. The second-order valence-corrected chi connectivity index (χ2v) is 7.74. The van der Waals surface area contributed by atoms with Crippen molar-refractivity contribution >= 4 is 40.2 Å². The second kappa shape index (κ2) is 7.94. The molecule has 0 radical (unpaired) electrons. The molecule has 3 aromatic rings. The Labute approximate surface area is 153 Å². The fourth-order valence-corrected chi connectivity index (χ4v) is 4.30. The highest BCUT2D eigenvalue weighted by Crippen LogP contribution is 2.33. The van der Waals surface area contributed by atoms with Crippen molar-refractivity contribution in [3.63, 3.8) is 0 Å². The molecule has 0 saturated carbocycles. The zero-order chi connectivity index (χ0) is 16.9. The fraction of sp³-hybridized carbons (Fsp3) is 0.167. The van der Waals surface area contributed by atoms with Gasteiger partial charge in [0.15, 0.2) is 0 Å². The van der Waals surface area contributed by atoms with Crippen LogP contribution < -0.4 is 5.32 Å². The summed E-state index contributed by atoms with van der Waals surface area (Å²) < 4.78 is 0. The number of benzene rings is 1. The summed E-state index contributed by atoms with van der Waals surface area (Å²) in [7, 11) is 0. The van der Waals surface area contributed by atoms with E-state index in [-0.39, 0.29) is 18.9 Å². The summed E-state index contributed by atoms with van der Waals surface area (Å²) in [5.41, 5.74) is 0.780. The van der Waals surface area contributed by atoms with Crippen molar-refractivity contribution in [1.29, 1.82) is 0 Å². The standard InChI is InChI=1S/C18H16ClNO2S2/c19-13-5-2-1-4-12(13)10-18(22)20-11-14(21)15-7-8-17(24-15)16-6-3-9-23-16/h1-9,14,21H,10-11H2,(H,20,22). The van der Waals surface area contributed by atoms with E-state index in [9.17, 15) is 9.90 Å². The van der Waals surface area contributed by atoms with Crippen LogP contribution in [0, 0.1) is 0 Å². The SMILES string of the molecule is O=C(Cc1ccccc1Cl)NCC(O)c1ccc(-c2cccs2)s1. The first-order valence-corrected chi connectivity index (χ1v) is 9.52. The molecule has 3 nitrogen and oxygen atoms in total. The van der Waals surface area contributed by atoms with Crippen LogP contribution in [0.2, 0.25) is 5.02 Å². The van der Waals surface area contributed by atoms with Gasteiger partial charge in [-0.05, 0) is 35.2 Å². The molecule has 0 aliphatic heterocycles. The molecule has 1 aromatic carbocycles. The van der Waals surface area contributed by atoms with Crippen molar-refractivity contribution < 1.29 is 9.90 Å². The molecule has 2 aromatic heterocycles. The molecule has 0 aliphatic carbocycles. The Hall–Kier alpha value is -1.66. The van der Waals surface area contributed by atoms with E-state index in [0.717, 1.165) is 15.3 Å². The molecule has 1 atom stereocenters. The van der Waals surface area contributed by atoms with Crippen LogP contribution in [0.25, 0.3) is 9.75 Å². The highest BCUT2D eigenvalue weighted by Gasteiger charge is 2.14. The van der Waals surface area contributed by atoms with E-state index in [0.29, 0.717) is 5.02 Å². The van der Waals surface area contributed by atoms with Crippen molar-refractivity contribution in [2.75, 3.05) is 6.54 Å². The van der Waals surface area contributed by atoms with Gasteiger partial charge in [-0.1, -0.05) is 35.9 Å². The van der Waals surface area contributed by atoms with Gasteiger partial charge in [0.25, 0.3) is 0 Å². The van der Waals surface area contributed by atoms with Gasteiger partial charge in [0.05, 0.1) is 6.42 Å². The van der Waals surface area contributed by atoms with Gasteiger partial charge in [-0.2, -0.15) is 0 Å². The number of hydrogen-bond donors (Lipinski definition) is 2. The van der Waals surface area contributed by atoms with Crippen LogP contribution in [0.5, 0.6) is 0 Å². The largest absolute Gasteiger partial charge is 0.386 e. The number of carbonyl (C=O) groups is 1. The van der Waals surface area contributed by atoms with Crippen LogP contribution in [-0.2, 0) is 11.2 Å². The molecule has 1 amide bonds. The van der Waals surface area contributed by atoms with Crippen LogP contribution >= 0.6 is 34.3 Å². The Morgan fingerprint density at radius 3 is 2.71 bits per heavy atom. The summed E-state index contributed by atoms with van der Waals surface area (Å²) in [5.74, 6) is -0.155. The van der Waals surface area contributed by atoms with E-state index in [4.69, 9.17) is 11.6 Å². The Morgan fingerprint density at radius 2 is 1.96 bits per heavy atom. The lowest BCUT2D eigenvalue weighted by molar-refractivity contribution is -0.120. The summed E-state index contributed by atoms with van der Waals surface area (Å²) in [5, 5.41) is 15.6. The Kier molecular flexibility index (Phi) is 5.68. The second-order valence-electron chi connectivity index (χ2n) is 5.27. The summed E-state index contributed by atoms with van der Waals surface area (Å²) >= 11 is 9.27. The van der Waals surface area contributed by atoms with Gasteiger partial charge in [-0.25, -0.2) is 0 Å². The molecular formula is C18H16ClNO2S2. The van der Waals surface area contributed by atoms with E-state index >= 15 is 0 Å². The third kappa shape index (κ3) is 4.24. The van der Waals surface area contributed by atoms with E-state index in [1.807, 2.05) is 41.8 Å². The van der Waals surface area contributed by atoms with Crippen LogP contribution in [0.3, 0.4) is 0 Å². The first-order chi connectivity index (χ1) is 11.6. The van der Waals surface area contributed by atoms with Crippen LogP contribution in [0.15, 0.2) is 53.9 Å². The predicted molar refractivity (Wildman–Crippen MR) is 101 cm³/mol. The lowest BCUT2D eigenvalue weighted by Gasteiger charge is -2.10. The maximum absolute atomic E-state index is 12.0. The molecule has 0 fully saturated rings. The minimum atomic E-state index is -0.709. The molecular weight excluding hydrogens is 362 g/mol. The Balaban J connectivity index is 1.55. The van der Waals surface area contributed by atoms with E-state index in [1.54, 1.807) is 28.7 Å². The molecule has 0 spiro atoms. The quantitative estimate of drug-likeness (QED) is 0.663.